The van der Waals surface area contributed by atoms with Crippen LogP contribution in [0, 0.1) is 6.92 Å². The van der Waals surface area contributed by atoms with Gasteiger partial charge in [0.15, 0.2) is 0 Å². The summed E-state index contributed by atoms with van der Waals surface area (Å²) in [6.07, 6.45) is 2.96. The first kappa shape index (κ1) is 20.8. The number of benzene rings is 1. The Bertz CT molecular complexity index is 1020. The van der Waals surface area contributed by atoms with E-state index in [0.29, 0.717) is 5.82 Å². The minimum atomic E-state index is -0.564. The molecule has 154 valence electrons. The number of anilines is 1. The van der Waals surface area contributed by atoms with Gasteiger partial charge in [0.25, 0.3) is 0 Å². The molecule has 3 rings (SSSR count). The predicted molar refractivity (Wildman–Crippen MR) is 114 cm³/mol. The van der Waals surface area contributed by atoms with Crippen molar-refractivity contribution in [2.45, 2.75) is 65.5 Å². The third kappa shape index (κ3) is 4.09. The molecular weight excluding hydrogens is 366 g/mol. The topological polar surface area (TPSA) is 81.9 Å². The molecule has 7 heteroatoms. The van der Waals surface area contributed by atoms with Gasteiger partial charge in [0, 0.05) is 6.20 Å². The van der Waals surface area contributed by atoms with E-state index in [1.54, 1.807) is 0 Å². The van der Waals surface area contributed by atoms with Crippen molar-refractivity contribution in [2.75, 3.05) is 5.32 Å². The maximum Gasteiger partial charge on any atom is 0.413 e. The van der Waals surface area contributed by atoms with Crippen molar-refractivity contribution in [3.63, 3.8) is 0 Å². The molecule has 0 aliphatic carbocycles. The number of hydrogen-bond donors (Lipinski definition) is 1. The normalized spacial score (nSPS) is 12.2. The summed E-state index contributed by atoms with van der Waals surface area (Å²) in [5, 5.41) is 11.6. The van der Waals surface area contributed by atoms with Crippen LogP contribution < -0.4 is 5.32 Å². The number of fused-ring (bicyclic) bond motifs is 1. The predicted octanol–water partition coefficient (Wildman–Crippen LogP) is 5.05. The maximum atomic E-state index is 12.1. The van der Waals surface area contributed by atoms with E-state index in [1.165, 1.54) is 0 Å². The molecule has 0 unspecified atom stereocenters. The molecule has 1 aromatic carbocycles. The van der Waals surface area contributed by atoms with E-state index in [9.17, 15) is 4.79 Å². The number of para-hydroxylation sites is 1. The van der Waals surface area contributed by atoms with Gasteiger partial charge in [0.1, 0.15) is 16.9 Å². The Labute approximate surface area is 171 Å². The Hall–Kier alpha value is -2.96. The van der Waals surface area contributed by atoms with Crippen LogP contribution in [0.1, 0.15) is 58.6 Å². The van der Waals surface area contributed by atoms with Gasteiger partial charge in [-0.3, -0.25) is 5.32 Å². The van der Waals surface area contributed by atoms with Crippen molar-refractivity contribution in [3.8, 4) is 0 Å². The van der Waals surface area contributed by atoms with Crippen LogP contribution in [0.5, 0.6) is 0 Å². The minimum Gasteiger partial charge on any atom is -0.444 e. The van der Waals surface area contributed by atoms with Crippen LogP contribution in [0.4, 0.5) is 10.6 Å². The Morgan fingerprint density at radius 1 is 1.17 bits per heavy atom. The number of nitrogens with zero attached hydrogens (tertiary/aromatic N) is 4. The zero-order chi connectivity index (χ0) is 21.2. The van der Waals surface area contributed by atoms with E-state index >= 15 is 0 Å². The number of carbonyl (C=O) groups excluding carboxylic acids is 1. The average molecular weight is 396 g/mol. The summed E-state index contributed by atoms with van der Waals surface area (Å²) in [4.78, 5) is 16.6. The molecule has 0 saturated heterocycles. The molecule has 29 heavy (non-hydrogen) atoms. The van der Waals surface area contributed by atoms with Gasteiger partial charge in [-0.15, -0.1) is 5.10 Å². The van der Waals surface area contributed by atoms with Gasteiger partial charge >= 0.3 is 6.09 Å². The number of nitrogens with one attached hydrogen (secondary N) is 1. The van der Waals surface area contributed by atoms with Gasteiger partial charge in [-0.2, -0.15) is 0 Å². The molecule has 0 saturated carbocycles. The largest absolute Gasteiger partial charge is 0.444 e. The molecule has 1 N–H and O–H groups in total. The van der Waals surface area contributed by atoms with Gasteiger partial charge in [-0.25, -0.2) is 14.5 Å². The molecule has 2 heterocycles. The van der Waals surface area contributed by atoms with Crippen LogP contribution in [-0.4, -0.2) is 31.7 Å². The number of aromatic nitrogens is 4. The van der Waals surface area contributed by atoms with Crippen molar-refractivity contribution in [1.29, 1.82) is 0 Å². The quantitative estimate of drug-likeness (QED) is 0.654. The summed E-state index contributed by atoms with van der Waals surface area (Å²) in [5.74, 6) is 0.493. The van der Waals surface area contributed by atoms with E-state index in [2.05, 4.69) is 40.5 Å². The smallest absolute Gasteiger partial charge is 0.413 e. The zero-order valence-corrected chi connectivity index (χ0v) is 18.0. The van der Waals surface area contributed by atoms with Gasteiger partial charge < -0.3 is 4.74 Å². The summed E-state index contributed by atoms with van der Waals surface area (Å²) in [6, 6.07) is 10.0. The fraction of sp³-hybridized carbons (Fsp3) is 0.455. The van der Waals surface area contributed by atoms with Crippen molar-refractivity contribution in [3.05, 3.63) is 47.7 Å². The number of aryl methyl sites for hydroxylation is 1. The molecule has 0 radical (unpaired) electrons. The third-order valence-electron chi connectivity index (χ3n) is 5.16. The van der Waals surface area contributed by atoms with Crippen LogP contribution in [0.2, 0.25) is 0 Å². The second kappa shape index (κ2) is 7.81. The van der Waals surface area contributed by atoms with E-state index in [4.69, 9.17) is 4.74 Å². The number of carbonyl (C=O) groups is 1. The lowest BCUT2D eigenvalue weighted by molar-refractivity contribution is 0.0635. The molecule has 3 aromatic rings. The van der Waals surface area contributed by atoms with Crippen LogP contribution >= 0.6 is 0 Å². The molecule has 1 amide bonds. The number of ether oxygens (including phenoxy) is 1. The third-order valence-corrected chi connectivity index (χ3v) is 5.16. The molecule has 0 fully saturated rings. The lowest BCUT2D eigenvalue weighted by Gasteiger charge is -2.33. The molecule has 0 aliphatic rings. The van der Waals surface area contributed by atoms with Crippen molar-refractivity contribution in [2.24, 2.45) is 0 Å². The summed E-state index contributed by atoms with van der Waals surface area (Å²) in [5.41, 5.74) is 2.81. The first-order chi connectivity index (χ1) is 13.7. The fourth-order valence-electron chi connectivity index (χ4n) is 3.63. The Balaban J connectivity index is 1.99. The summed E-state index contributed by atoms with van der Waals surface area (Å²) in [7, 11) is 0. The highest BCUT2D eigenvalue weighted by molar-refractivity contribution is 5.84. The van der Waals surface area contributed by atoms with E-state index < -0.39 is 11.7 Å². The van der Waals surface area contributed by atoms with Gasteiger partial charge in [-0.1, -0.05) is 31.2 Å². The first-order valence-electron chi connectivity index (χ1n) is 9.98. The lowest BCUT2D eigenvalue weighted by atomic mass is 9.85. The van der Waals surface area contributed by atoms with Crippen molar-refractivity contribution in [1.82, 2.24) is 20.0 Å². The molecule has 0 bridgehead atoms. The van der Waals surface area contributed by atoms with Crippen molar-refractivity contribution < 1.29 is 9.53 Å². The second-order valence-corrected chi connectivity index (χ2v) is 8.25. The van der Waals surface area contributed by atoms with Gasteiger partial charge in [-0.05, 0) is 69.9 Å². The fourth-order valence-corrected chi connectivity index (χ4v) is 3.63. The van der Waals surface area contributed by atoms with Crippen LogP contribution in [0.25, 0.3) is 11.0 Å². The Kier molecular flexibility index (Phi) is 5.59. The highest BCUT2D eigenvalue weighted by atomic mass is 16.6. The monoisotopic (exact) mass is 395 g/mol. The van der Waals surface area contributed by atoms with E-state index in [-0.39, 0.29) is 5.54 Å². The SMILES string of the molecule is CCC(CC)(c1cnc(NC(=O)OC(C)(C)C)c(C)c1)n1nnc2ccccc21. The minimum absolute atomic E-state index is 0.377. The van der Waals surface area contributed by atoms with Crippen molar-refractivity contribution >= 4 is 22.9 Å². The Morgan fingerprint density at radius 3 is 2.48 bits per heavy atom. The van der Waals surface area contributed by atoms with E-state index in [1.807, 2.05) is 62.8 Å². The molecular formula is C22H29N5O2. The Morgan fingerprint density at radius 2 is 1.86 bits per heavy atom. The van der Waals surface area contributed by atoms with Crippen LogP contribution in [0.15, 0.2) is 36.5 Å². The number of amides is 1. The van der Waals surface area contributed by atoms with Gasteiger partial charge in [0.2, 0.25) is 0 Å². The summed E-state index contributed by atoms with van der Waals surface area (Å²) in [6.45, 7) is 11.7. The van der Waals surface area contributed by atoms with Crippen LogP contribution in [-0.2, 0) is 10.3 Å². The molecule has 2 aromatic heterocycles. The highest BCUT2D eigenvalue weighted by Crippen LogP contribution is 2.36. The number of pyridine rings is 1. The summed E-state index contributed by atoms with van der Waals surface area (Å²) >= 11 is 0. The second-order valence-electron chi connectivity index (χ2n) is 8.25. The lowest BCUT2D eigenvalue weighted by Crippen LogP contribution is -2.35. The van der Waals surface area contributed by atoms with E-state index in [0.717, 1.165) is 35.0 Å². The standard InChI is InChI=1S/C22H29N5O2/c1-7-22(8-2,27-18-12-10-9-11-17(18)25-26-27)16-13-15(3)19(23-14-16)24-20(28)29-21(4,5)6/h9-14H,7-8H2,1-6H3,(H,23,24,28). The number of rotatable bonds is 5. The summed E-state index contributed by atoms with van der Waals surface area (Å²) < 4.78 is 7.33. The van der Waals surface area contributed by atoms with Gasteiger partial charge in [0.05, 0.1) is 11.1 Å². The average Bonchev–Trinajstić information content (AvgIpc) is 3.09. The molecule has 0 atom stereocenters. The highest BCUT2D eigenvalue weighted by Gasteiger charge is 2.34. The molecule has 7 nitrogen and oxygen atoms in total. The maximum absolute atomic E-state index is 12.1. The number of hydrogen-bond acceptors (Lipinski definition) is 5. The van der Waals surface area contributed by atoms with Crippen LogP contribution in [0.3, 0.4) is 0 Å². The first-order valence-corrected chi connectivity index (χ1v) is 9.98. The molecule has 0 spiro atoms. The molecule has 0 aliphatic heterocycles. The zero-order valence-electron chi connectivity index (χ0n) is 18.0.